The molecule has 0 saturated carbocycles. The zero-order valence-electron chi connectivity index (χ0n) is 8.67. The van der Waals surface area contributed by atoms with E-state index in [4.69, 9.17) is 5.11 Å². The molecule has 0 heterocycles. The lowest BCUT2D eigenvalue weighted by molar-refractivity contribution is -0.135. The number of nitrogens with one attached hydrogen (secondary N) is 2. The molecule has 0 aliphatic rings. The van der Waals surface area contributed by atoms with Crippen LogP contribution in [-0.4, -0.2) is 23.7 Å². The van der Waals surface area contributed by atoms with E-state index in [9.17, 15) is 18.4 Å². The predicted molar refractivity (Wildman–Crippen MR) is 54.2 cm³/mol. The van der Waals surface area contributed by atoms with Gasteiger partial charge in [0.15, 0.2) is 11.6 Å². The van der Waals surface area contributed by atoms with Crippen molar-refractivity contribution in [1.82, 2.24) is 10.6 Å². The maximum Gasteiger partial charge on any atom is 0.323 e. The number of carbonyl (C=O) groups excluding carboxylic acids is 1. The lowest BCUT2D eigenvalue weighted by Crippen LogP contribution is -2.38. The molecule has 0 aliphatic heterocycles. The number of aliphatic carboxylic acids is 1. The van der Waals surface area contributed by atoms with Gasteiger partial charge in [0.25, 0.3) is 0 Å². The molecule has 0 atom stereocenters. The van der Waals surface area contributed by atoms with Crippen molar-refractivity contribution in [2.45, 2.75) is 6.54 Å². The summed E-state index contributed by atoms with van der Waals surface area (Å²) in [4.78, 5) is 21.1. The van der Waals surface area contributed by atoms with Gasteiger partial charge in [-0.25, -0.2) is 13.6 Å². The van der Waals surface area contributed by atoms with Gasteiger partial charge in [-0.15, -0.1) is 0 Å². The van der Waals surface area contributed by atoms with Gasteiger partial charge in [-0.3, -0.25) is 4.79 Å². The molecule has 0 saturated heterocycles. The average Bonchev–Trinajstić information content (AvgIpc) is 2.28. The third-order valence-corrected chi connectivity index (χ3v) is 1.84. The van der Waals surface area contributed by atoms with Gasteiger partial charge in [0.1, 0.15) is 6.54 Å². The summed E-state index contributed by atoms with van der Waals surface area (Å²) in [5.41, 5.74) is 0.370. The first kappa shape index (κ1) is 12.9. The van der Waals surface area contributed by atoms with Crippen LogP contribution in [0.3, 0.4) is 0 Å². The first-order valence-corrected chi connectivity index (χ1v) is 4.66. The van der Waals surface area contributed by atoms with Gasteiger partial charge in [-0.05, 0) is 17.7 Å². The fourth-order valence-corrected chi connectivity index (χ4v) is 1.05. The van der Waals surface area contributed by atoms with Crippen molar-refractivity contribution in [3.05, 3.63) is 35.4 Å². The van der Waals surface area contributed by atoms with Crippen molar-refractivity contribution in [3.63, 3.8) is 0 Å². The standard InChI is InChI=1S/C10H10F2N2O3/c11-7-2-1-6(3-8(7)12)4-13-10(17)14-5-9(15)16/h1-3H,4-5H2,(H,15,16)(H2,13,14,17). The zero-order chi connectivity index (χ0) is 12.8. The highest BCUT2D eigenvalue weighted by Gasteiger charge is 2.05. The Morgan fingerprint density at radius 3 is 2.47 bits per heavy atom. The number of benzene rings is 1. The Hall–Kier alpha value is -2.18. The number of amides is 2. The molecule has 0 fully saturated rings. The Bertz CT molecular complexity index is 438. The first-order valence-electron chi connectivity index (χ1n) is 4.66. The Kier molecular flexibility index (Phi) is 4.38. The van der Waals surface area contributed by atoms with Crippen LogP contribution in [0.15, 0.2) is 18.2 Å². The van der Waals surface area contributed by atoms with Crippen LogP contribution >= 0.6 is 0 Å². The molecule has 17 heavy (non-hydrogen) atoms. The van der Waals surface area contributed by atoms with Crippen LogP contribution in [-0.2, 0) is 11.3 Å². The van der Waals surface area contributed by atoms with Crippen molar-refractivity contribution in [1.29, 1.82) is 0 Å². The van der Waals surface area contributed by atoms with Crippen LogP contribution < -0.4 is 10.6 Å². The third kappa shape index (κ3) is 4.45. The van der Waals surface area contributed by atoms with Crippen molar-refractivity contribution in [2.24, 2.45) is 0 Å². The lowest BCUT2D eigenvalue weighted by Gasteiger charge is -2.06. The SMILES string of the molecule is O=C(O)CNC(=O)NCc1ccc(F)c(F)c1. The quantitative estimate of drug-likeness (QED) is 0.734. The largest absolute Gasteiger partial charge is 0.480 e. The second-order valence-corrected chi connectivity index (χ2v) is 3.18. The molecule has 3 N–H and O–H groups in total. The minimum atomic E-state index is -1.17. The predicted octanol–water partition coefficient (Wildman–Crippen LogP) is 0.849. The molecule has 2 amide bonds. The maximum atomic E-state index is 12.8. The van der Waals surface area contributed by atoms with Crippen molar-refractivity contribution >= 4 is 12.0 Å². The second kappa shape index (κ2) is 5.78. The maximum absolute atomic E-state index is 12.8. The molecular weight excluding hydrogens is 234 g/mol. The molecule has 5 nitrogen and oxygen atoms in total. The van der Waals surface area contributed by atoms with Crippen molar-refractivity contribution < 1.29 is 23.5 Å². The number of hydrogen-bond donors (Lipinski definition) is 3. The van der Waals surface area contributed by atoms with Crippen LogP contribution in [0.25, 0.3) is 0 Å². The summed E-state index contributed by atoms with van der Waals surface area (Å²) in [6.07, 6.45) is 0. The topological polar surface area (TPSA) is 78.4 Å². The molecule has 0 radical (unpaired) electrons. The Balaban J connectivity index is 2.42. The summed E-state index contributed by atoms with van der Waals surface area (Å²) in [6, 6.07) is 2.52. The Morgan fingerprint density at radius 1 is 1.18 bits per heavy atom. The summed E-state index contributed by atoms with van der Waals surface area (Å²) in [6.45, 7) is -0.535. The first-order chi connectivity index (χ1) is 7.99. The number of carboxylic acids is 1. The van der Waals surface area contributed by atoms with Gasteiger partial charge < -0.3 is 15.7 Å². The number of hydrogen-bond acceptors (Lipinski definition) is 2. The summed E-state index contributed by atoms with van der Waals surface area (Å²) >= 11 is 0. The van der Waals surface area contributed by atoms with E-state index in [0.29, 0.717) is 5.56 Å². The van der Waals surface area contributed by atoms with E-state index >= 15 is 0 Å². The van der Waals surface area contributed by atoms with Crippen molar-refractivity contribution in [3.8, 4) is 0 Å². The van der Waals surface area contributed by atoms with Gasteiger partial charge in [-0.1, -0.05) is 6.07 Å². The molecule has 1 aromatic rings. The molecule has 92 valence electrons. The van der Waals surface area contributed by atoms with Gasteiger partial charge >= 0.3 is 12.0 Å². The van der Waals surface area contributed by atoms with E-state index in [-0.39, 0.29) is 6.54 Å². The van der Waals surface area contributed by atoms with E-state index < -0.39 is 30.2 Å². The molecular formula is C10H10F2N2O3. The van der Waals surface area contributed by atoms with Crippen LogP contribution in [0.1, 0.15) is 5.56 Å². The average molecular weight is 244 g/mol. The minimum Gasteiger partial charge on any atom is -0.480 e. The summed E-state index contributed by atoms with van der Waals surface area (Å²) in [7, 11) is 0. The lowest BCUT2D eigenvalue weighted by atomic mass is 10.2. The number of carboxylic acid groups (broad SMARTS) is 1. The monoisotopic (exact) mass is 244 g/mol. The zero-order valence-corrected chi connectivity index (χ0v) is 8.67. The van der Waals surface area contributed by atoms with Crippen LogP contribution in [0, 0.1) is 11.6 Å². The van der Waals surface area contributed by atoms with Crippen molar-refractivity contribution in [2.75, 3.05) is 6.54 Å². The minimum absolute atomic E-state index is 0.0251. The van der Waals surface area contributed by atoms with Crippen LogP contribution in [0.5, 0.6) is 0 Å². The number of carbonyl (C=O) groups is 2. The summed E-state index contributed by atoms with van der Waals surface area (Å²) in [5.74, 6) is -3.15. The smallest absolute Gasteiger partial charge is 0.323 e. The number of rotatable bonds is 4. The highest BCUT2D eigenvalue weighted by Crippen LogP contribution is 2.08. The highest BCUT2D eigenvalue weighted by molar-refractivity contribution is 5.79. The molecule has 1 rings (SSSR count). The van der Waals surface area contributed by atoms with Gasteiger partial charge in [0, 0.05) is 6.54 Å². The van der Waals surface area contributed by atoms with Crippen LogP contribution in [0.2, 0.25) is 0 Å². The molecule has 7 heteroatoms. The second-order valence-electron chi connectivity index (χ2n) is 3.18. The van der Waals surface area contributed by atoms with E-state index in [1.54, 1.807) is 0 Å². The Labute approximate surface area is 95.4 Å². The molecule has 0 bridgehead atoms. The number of urea groups is 1. The fraction of sp³-hybridized carbons (Fsp3) is 0.200. The van der Waals surface area contributed by atoms with Gasteiger partial charge in [-0.2, -0.15) is 0 Å². The molecule has 1 aromatic carbocycles. The van der Waals surface area contributed by atoms with Gasteiger partial charge in [0.05, 0.1) is 0 Å². The van der Waals surface area contributed by atoms with E-state index in [1.165, 1.54) is 6.07 Å². The Morgan fingerprint density at radius 2 is 1.88 bits per heavy atom. The molecule has 0 aromatic heterocycles. The molecule has 0 aliphatic carbocycles. The van der Waals surface area contributed by atoms with E-state index in [2.05, 4.69) is 10.6 Å². The summed E-state index contributed by atoms with van der Waals surface area (Å²) < 4.78 is 25.3. The van der Waals surface area contributed by atoms with E-state index in [0.717, 1.165) is 12.1 Å². The third-order valence-electron chi connectivity index (χ3n) is 1.84. The summed E-state index contributed by atoms with van der Waals surface area (Å²) in [5, 5.41) is 12.6. The molecule has 0 spiro atoms. The highest BCUT2D eigenvalue weighted by atomic mass is 19.2. The number of halogens is 2. The van der Waals surface area contributed by atoms with Gasteiger partial charge in [0.2, 0.25) is 0 Å². The normalized spacial score (nSPS) is 9.76. The fourth-order valence-electron chi connectivity index (χ4n) is 1.05. The molecule has 0 unspecified atom stereocenters. The van der Waals surface area contributed by atoms with E-state index in [1.807, 2.05) is 0 Å². The van der Waals surface area contributed by atoms with Crippen LogP contribution in [0.4, 0.5) is 13.6 Å².